The maximum Gasteiger partial charge on any atom is 0.240 e. The summed E-state index contributed by atoms with van der Waals surface area (Å²) in [7, 11) is 0. The van der Waals surface area contributed by atoms with Crippen LogP contribution in [0.3, 0.4) is 0 Å². The molecule has 4 nitrogen and oxygen atoms in total. The van der Waals surface area contributed by atoms with E-state index in [1.807, 2.05) is 25.1 Å². The van der Waals surface area contributed by atoms with Gasteiger partial charge < -0.3 is 10.2 Å². The number of benzene rings is 1. The molecule has 0 heterocycles. The molecule has 1 rings (SSSR count). The van der Waals surface area contributed by atoms with Gasteiger partial charge in [-0.1, -0.05) is 39.0 Å². The van der Waals surface area contributed by atoms with Gasteiger partial charge in [-0.25, -0.2) is 0 Å². The number of carbonyl (C=O) groups is 2. The van der Waals surface area contributed by atoms with Crippen molar-refractivity contribution in [3.8, 4) is 0 Å². The number of hydrogen-bond acceptors (Lipinski definition) is 2. The van der Waals surface area contributed by atoms with Crippen LogP contribution < -0.4 is 10.2 Å². The molecule has 0 aliphatic heterocycles. The summed E-state index contributed by atoms with van der Waals surface area (Å²) in [5, 5.41) is 2.83. The summed E-state index contributed by atoms with van der Waals surface area (Å²) in [4.78, 5) is 25.6. The van der Waals surface area contributed by atoms with E-state index in [2.05, 4.69) is 19.2 Å². The first-order valence-electron chi connectivity index (χ1n) is 7.70. The number of carbonyl (C=O) groups excluding carboxylic acids is 2. The zero-order valence-corrected chi connectivity index (χ0v) is 13.5. The molecule has 0 bridgehead atoms. The van der Waals surface area contributed by atoms with E-state index < -0.39 is 0 Å². The number of rotatable bonds is 7. The molecule has 2 amide bonds. The van der Waals surface area contributed by atoms with E-state index in [0.717, 1.165) is 36.1 Å². The molecule has 0 atom stereocenters. The Morgan fingerprint density at radius 1 is 1.10 bits per heavy atom. The first-order valence-corrected chi connectivity index (χ1v) is 7.70. The number of amides is 2. The molecule has 116 valence electrons. The van der Waals surface area contributed by atoms with Crippen molar-refractivity contribution in [2.24, 2.45) is 0 Å². The van der Waals surface area contributed by atoms with Crippen molar-refractivity contribution < 1.29 is 9.59 Å². The highest BCUT2D eigenvalue weighted by molar-refractivity contribution is 5.98. The molecule has 0 aliphatic rings. The monoisotopic (exact) mass is 290 g/mol. The van der Waals surface area contributed by atoms with Gasteiger partial charge in [0.05, 0.1) is 5.69 Å². The van der Waals surface area contributed by atoms with E-state index in [0.29, 0.717) is 6.54 Å². The van der Waals surface area contributed by atoms with Gasteiger partial charge in [0, 0.05) is 13.5 Å². The predicted octanol–water partition coefficient (Wildman–Crippen LogP) is 2.69. The summed E-state index contributed by atoms with van der Waals surface area (Å²) in [5.74, 6) is -0.211. The summed E-state index contributed by atoms with van der Waals surface area (Å²) >= 11 is 0. The van der Waals surface area contributed by atoms with Crippen LogP contribution in [0.15, 0.2) is 18.2 Å². The number of anilines is 1. The minimum atomic E-state index is -0.111. The second-order valence-electron chi connectivity index (χ2n) is 5.09. The lowest BCUT2D eigenvalue weighted by molar-refractivity contribution is -0.123. The second-order valence-corrected chi connectivity index (χ2v) is 5.09. The molecular weight excluding hydrogens is 264 g/mol. The number of aryl methyl sites for hydroxylation is 2. The quantitative estimate of drug-likeness (QED) is 0.839. The third kappa shape index (κ3) is 4.59. The summed E-state index contributed by atoms with van der Waals surface area (Å²) in [6.45, 7) is 8.37. The Bertz CT molecular complexity index is 475. The van der Waals surface area contributed by atoms with Crippen LogP contribution >= 0.6 is 0 Å². The molecule has 0 saturated carbocycles. The third-order valence-electron chi connectivity index (χ3n) is 3.49. The fourth-order valence-corrected chi connectivity index (χ4v) is 2.37. The Labute approximate surface area is 127 Å². The second kappa shape index (κ2) is 8.45. The van der Waals surface area contributed by atoms with Gasteiger partial charge >= 0.3 is 0 Å². The maximum atomic E-state index is 12.0. The minimum absolute atomic E-state index is 0.0827. The molecule has 0 aliphatic carbocycles. The summed E-state index contributed by atoms with van der Waals surface area (Å²) in [6, 6.07) is 6.05. The Balaban J connectivity index is 3.11. The van der Waals surface area contributed by atoms with Gasteiger partial charge in [0.2, 0.25) is 11.8 Å². The molecular formula is C17H26N2O2. The molecule has 1 N–H and O–H groups in total. The average Bonchev–Trinajstić information content (AvgIpc) is 2.49. The fourth-order valence-electron chi connectivity index (χ4n) is 2.37. The van der Waals surface area contributed by atoms with Gasteiger partial charge in [-0.2, -0.15) is 0 Å². The highest BCUT2D eigenvalue weighted by Crippen LogP contribution is 2.27. The number of nitrogens with one attached hydrogen (secondary N) is 1. The van der Waals surface area contributed by atoms with Gasteiger partial charge in [0.1, 0.15) is 6.54 Å². The van der Waals surface area contributed by atoms with Crippen LogP contribution in [0.5, 0.6) is 0 Å². The molecule has 0 fully saturated rings. The SMILES string of the molecule is CCCNC(=O)CN(C(C)=O)c1c(CC)cccc1CC. The number of hydrogen-bond donors (Lipinski definition) is 1. The van der Waals surface area contributed by atoms with Crippen LogP contribution in [-0.4, -0.2) is 24.9 Å². The van der Waals surface area contributed by atoms with Crippen molar-refractivity contribution in [3.05, 3.63) is 29.3 Å². The molecule has 21 heavy (non-hydrogen) atoms. The molecule has 1 aromatic carbocycles. The Morgan fingerprint density at radius 3 is 2.10 bits per heavy atom. The van der Waals surface area contributed by atoms with Crippen LogP contribution in [-0.2, 0) is 22.4 Å². The molecule has 0 saturated heterocycles. The molecule has 1 aromatic rings. The molecule has 0 aromatic heterocycles. The Morgan fingerprint density at radius 2 is 1.67 bits per heavy atom. The molecule has 0 unspecified atom stereocenters. The third-order valence-corrected chi connectivity index (χ3v) is 3.49. The van der Waals surface area contributed by atoms with Gasteiger partial charge in [-0.15, -0.1) is 0 Å². The van der Waals surface area contributed by atoms with Crippen molar-refractivity contribution in [2.75, 3.05) is 18.0 Å². The minimum Gasteiger partial charge on any atom is -0.355 e. The lowest BCUT2D eigenvalue weighted by Crippen LogP contribution is -2.41. The Hall–Kier alpha value is -1.84. The van der Waals surface area contributed by atoms with Crippen LogP contribution in [0.2, 0.25) is 0 Å². The van der Waals surface area contributed by atoms with Crippen molar-refractivity contribution in [3.63, 3.8) is 0 Å². The lowest BCUT2D eigenvalue weighted by atomic mass is 10.0. The standard InChI is InChI=1S/C17H26N2O2/c1-5-11-18-16(21)12-19(13(4)20)17-14(6-2)9-8-10-15(17)7-3/h8-10H,5-7,11-12H2,1-4H3,(H,18,21). The van der Waals surface area contributed by atoms with E-state index in [9.17, 15) is 9.59 Å². The molecule has 0 spiro atoms. The van der Waals surface area contributed by atoms with Crippen LogP contribution in [0.1, 0.15) is 45.2 Å². The highest BCUT2D eigenvalue weighted by Gasteiger charge is 2.20. The van der Waals surface area contributed by atoms with Crippen LogP contribution in [0.4, 0.5) is 5.69 Å². The van der Waals surface area contributed by atoms with Crippen LogP contribution in [0.25, 0.3) is 0 Å². The molecule has 0 radical (unpaired) electrons. The summed E-state index contributed by atoms with van der Waals surface area (Å²) in [5.41, 5.74) is 3.11. The topological polar surface area (TPSA) is 49.4 Å². The number of nitrogens with zero attached hydrogens (tertiary/aromatic N) is 1. The smallest absolute Gasteiger partial charge is 0.240 e. The van der Waals surface area contributed by atoms with Crippen molar-refractivity contribution >= 4 is 17.5 Å². The van der Waals surface area contributed by atoms with Gasteiger partial charge in [-0.3, -0.25) is 9.59 Å². The zero-order valence-electron chi connectivity index (χ0n) is 13.5. The van der Waals surface area contributed by atoms with Crippen molar-refractivity contribution in [2.45, 2.75) is 47.0 Å². The number of para-hydroxylation sites is 1. The Kier molecular flexibility index (Phi) is 6.92. The van der Waals surface area contributed by atoms with E-state index in [1.54, 1.807) is 4.90 Å². The van der Waals surface area contributed by atoms with Gasteiger partial charge in [0.15, 0.2) is 0 Å². The first-order chi connectivity index (χ1) is 10.0. The lowest BCUT2D eigenvalue weighted by Gasteiger charge is -2.26. The van der Waals surface area contributed by atoms with E-state index in [-0.39, 0.29) is 18.4 Å². The van der Waals surface area contributed by atoms with Gasteiger partial charge in [-0.05, 0) is 30.4 Å². The van der Waals surface area contributed by atoms with Crippen molar-refractivity contribution in [1.82, 2.24) is 5.32 Å². The van der Waals surface area contributed by atoms with E-state index >= 15 is 0 Å². The normalized spacial score (nSPS) is 10.3. The predicted molar refractivity (Wildman–Crippen MR) is 86.5 cm³/mol. The zero-order chi connectivity index (χ0) is 15.8. The maximum absolute atomic E-state index is 12.0. The summed E-state index contributed by atoms with van der Waals surface area (Å²) in [6.07, 6.45) is 2.56. The van der Waals surface area contributed by atoms with Gasteiger partial charge in [0.25, 0.3) is 0 Å². The fraction of sp³-hybridized carbons (Fsp3) is 0.529. The van der Waals surface area contributed by atoms with Crippen molar-refractivity contribution in [1.29, 1.82) is 0 Å². The van der Waals surface area contributed by atoms with E-state index in [1.165, 1.54) is 6.92 Å². The summed E-state index contributed by atoms with van der Waals surface area (Å²) < 4.78 is 0. The highest BCUT2D eigenvalue weighted by atomic mass is 16.2. The largest absolute Gasteiger partial charge is 0.355 e. The average molecular weight is 290 g/mol. The molecule has 4 heteroatoms. The first kappa shape index (κ1) is 17.2. The van der Waals surface area contributed by atoms with Crippen LogP contribution in [0, 0.1) is 0 Å². The van der Waals surface area contributed by atoms with E-state index in [4.69, 9.17) is 0 Å².